The predicted molar refractivity (Wildman–Crippen MR) is 329 cm³/mol. The highest BCUT2D eigenvalue weighted by molar-refractivity contribution is 5.71. The molecule has 76 heavy (non-hydrogen) atoms. The molecule has 0 aromatic rings. The largest absolute Gasteiger partial charge is 0.462 e. The average molecular weight is 1050 g/mol. The van der Waals surface area contributed by atoms with Gasteiger partial charge in [-0.3, -0.25) is 14.4 Å². The Morgan fingerprint density at radius 1 is 0.276 bits per heavy atom. The third kappa shape index (κ3) is 60.4. The van der Waals surface area contributed by atoms with Crippen LogP contribution in [0.2, 0.25) is 0 Å². The SMILES string of the molecule is CC/C=C\C/C=C\C/C=C\C/C=C\C/C=C\C/C=C\C/C=C\CCCC(=O)OCC(COC(=O)CCCCCCC/C=C\C/C=C\CCCC)OC(=O)CCCCCCCCCCC/C=C\C/C=C\CCCCCCC. The first kappa shape index (κ1) is 71.5. The Kier molecular flexibility index (Phi) is 59.4. The van der Waals surface area contributed by atoms with Crippen LogP contribution in [-0.2, 0) is 28.6 Å². The van der Waals surface area contributed by atoms with Gasteiger partial charge in [-0.1, -0.05) is 257 Å². The average Bonchev–Trinajstić information content (AvgIpc) is 3.42. The number of ether oxygens (including phenoxy) is 3. The van der Waals surface area contributed by atoms with Gasteiger partial charge in [-0.25, -0.2) is 0 Å². The van der Waals surface area contributed by atoms with E-state index in [1.807, 2.05) is 0 Å². The molecule has 0 saturated heterocycles. The predicted octanol–water partition coefficient (Wildman–Crippen LogP) is 21.4. The molecular formula is C70H114O6. The van der Waals surface area contributed by atoms with E-state index < -0.39 is 6.10 Å². The molecule has 1 atom stereocenters. The van der Waals surface area contributed by atoms with Gasteiger partial charge in [0.2, 0.25) is 0 Å². The summed E-state index contributed by atoms with van der Waals surface area (Å²) in [5.41, 5.74) is 0. The number of hydrogen-bond acceptors (Lipinski definition) is 6. The van der Waals surface area contributed by atoms with E-state index in [9.17, 15) is 14.4 Å². The molecule has 0 fully saturated rings. The molecule has 430 valence electrons. The van der Waals surface area contributed by atoms with Crippen LogP contribution < -0.4 is 0 Å². The smallest absolute Gasteiger partial charge is 0.306 e. The van der Waals surface area contributed by atoms with Gasteiger partial charge in [-0.2, -0.15) is 0 Å². The summed E-state index contributed by atoms with van der Waals surface area (Å²) in [4.78, 5) is 38.3. The molecule has 0 heterocycles. The Hall–Kier alpha value is -4.45. The molecule has 0 aliphatic heterocycles. The standard InChI is InChI=1S/C70H114O6/c1-4-7-10-13-16-19-22-25-28-30-32-34-35-37-38-40-42-45-48-51-54-57-60-63-69(72)75-66-67(65-74-68(71)62-59-56-53-50-47-44-27-24-21-18-15-12-9-6-3)76-70(73)64-61-58-55-52-49-46-43-41-39-36-33-31-29-26-23-20-17-14-11-8-5-2/h7,10,15-16,18-19,23-28,31-34,37-38,42,45,51,54,67H,4-6,8-9,11-14,17,20-22,29-30,35-36,39-41,43-44,46-50,52-53,55-66H2,1-3H3/b10-7-,18-15-,19-16-,26-23-,27-24-,28-25-,33-31-,34-32-,38-37-,45-42-,54-51-. The van der Waals surface area contributed by atoms with Crippen LogP contribution in [0.1, 0.15) is 271 Å². The monoisotopic (exact) mass is 1050 g/mol. The van der Waals surface area contributed by atoms with Gasteiger partial charge in [-0.05, 0) is 128 Å². The van der Waals surface area contributed by atoms with Crippen molar-refractivity contribution < 1.29 is 28.6 Å². The lowest BCUT2D eigenvalue weighted by molar-refractivity contribution is -0.167. The van der Waals surface area contributed by atoms with Crippen LogP contribution in [-0.4, -0.2) is 37.2 Å². The fourth-order valence-electron chi connectivity index (χ4n) is 8.18. The zero-order valence-electron chi connectivity index (χ0n) is 49.2. The Morgan fingerprint density at radius 3 is 0.895 bits per heavy atom. The third-order valence-electron chi connectivity index (χ3n) is 12.9. The molecular weight excluding hydrogens is 937 g/mol. The molecule has 0 amide bonds. The summed E-state index contributed by atoms with van der Waals surface area (Å²) in [5.74, 6) is -0.987. The summed E-state index contributed by atoms with van der Waals surface area (Å²) in [6, 6.07) is 0. The fraction of sp³-hybridized carbons (Fsp3) is 0.643. The normalized spacial score (nSPS) is 13.0. The number of carbonyl (C=O) groups is 3. The van der Waals surface area contributed by atoms with E-state index in [0.29, 0.717) is 19.3 Å². The molecule has 0 N–H and O–H groups in total. The number of unbranched alkanes of at least 4 members (excludes halogenated alkanes) is 22. The van der Waals surface area contributed by atoms with Crippen LogP contribution in [0.15, 0.2) is 134 Å². The number of carbonyl (C=O) groups excluding carboxylic acids is 3. The maximum Gasteiger partial charge on any atom is 0.306 e. The zero-order chi connectivity index (χ0) is 55.0. The fourth-order valence-corrected chi connectivity index (χ4v) is 8.18. The Balaban J connectivity index is 4.50. The summed E-state index contributed by atoms with van der Waals surface area (Å²) >= 11 is 0. The lowest BCUT2D eigenvalue weighted by atomic mass is 10.1. The molecule has 0 aromatic heterocycles. The van der Waals surface area contributed by atoms with Crippen LogP contribution in [0.3, 0.4) is 0 Å². The maximum absolute atomic E-state index is 12.9. The highest BCUT2D eigenvalue weighted by Gasteiger charge is 2.19. The molecule has 0 bridgehead atoms. The van der Waals surface area contributed by atoms with Crippen molar-refractivity contribution in [3.05, 3.63) is 134 Å². The van der Waals surface area contributed by atoms with E-state index in [4.69, 9.17) is 14.2 Å². The molecule has 6 nitrogen and oxygen atoms in total. The number of rotatable bonds is 55. The van der Waals surface area contributed by atoms with Gasteiger partial charge < -0.3 is 14.2 Å². The second-order valence-electron chi connectivity index (χ2n) is 20.2. The summed E-state index contributed by atoms with van der Waals surface area (Å²) < 4.78 is 16.8. The minimum atomic E-state index is -0.816. The van der Waals surface area contributed by atoms with Crippen LogP contribution in [0.5, 0.6) is 0 Å². The molecule has 0 spiro atoms. The lowest BCUT2D eigenvalue weighted by Crippen LogP contribution is -2.30. The van der Waals surface area contributed by atoms with Gasteiger partial charge in [0.1, 0.15) is 13.2 Å². The van der Waals surface area contributed by atoms with Crippen molar-refractivity contribution >= 4 is 17.9 Å². The van der Waals surface area contributed by atoms with Crippen molar-refractivity contribution in [3.8, 4) is 0 Å². The van der Waals surface area contributed by atoms with E-state index >= 15 is 0 Å². The molecule has 0 radical (unpaired) electrons. The molecule has 0 aliphatic rings. The van der Waals surface area contributed by atoms with Crippen LogP contribution in [0.25, 0.3) is 0 Å². The van der Waals surface area contributed by atoms with Crippen molar-refractivity contribution in [2.75, 3.05) is 13.2 Å². The Labute approximate surface area is 468 Å². The Morgan fingerprint density at radius 2 is 0.539 bits per heavy atom. The second-order valence-corrected chi connectivity index (χ2v) is 20.2. The highest BCUT2D eigenvalue weighted by atomic mass is 16.6. The van der Waals surface area contributed by atoms with Gasteiger partial charge in [-0.15, -0.1) is 0 Å². The first-order chi connectivity index (χ1) is 37.5. The van der Waals surface area contributed by atoms with E-state index in [1.165, 1.54) is 103 Å². The molecule has 0 aromatic carbocycles. The molecule has 0 rings (SSSR count). The second kappa shape index (κ2) is 63.1. The lowest BCUT2D eigenvalue weighted by Gasteiger charge is -2.18. The molecule has 0 aliphatic carbocycles. The van der Waals surface area contributed by atoms with Crippen molar-refractivity contribution in [2.45, 2.75) is 277 Å². The van der Waals surface area contributed by atoms with E-state index in [0.717, 1.165) is 122 Å². The van der Waals surface area contributed by atoms with Gasteiger partial charge in [0.05, 0.1) is 0 Å². The van der Waals surface area contributed by atoms with Crippen LogP contribution >= 0.6 is 0 Å². The summed E-state index contributed by atoms with van der Waals surface area (Å²) in [6.07, 6.45) is 88.8. The van der Waals surface area contributed by atoms with Crippen molar-refractivity contribution in [3.63, 3.8) is 0 Å². The Bertz CT molecular complexity index is 1630. The van der Waals surface area contributed by atoms with Gasteiger partial charge in [0, 0.05) is 19.3 Å². The minimum Gasteiger partial charge on any atom is -0.462 e. The van der Waals surface area contributed by atoms with E-state index in [1.54, 1.807) is 0 Å². The van der Waals surface area contributed by atoms with Gasteiger partial charge >= 0.3 is 17.9 Å². The molecule has 6 heteroatoms. The quantitative estimate of drug-likeness (QED) is 0.0261. The summed E-state index contributed by atoms with van der Waals surface area (Å²) in [5, 5.41) is 0. The van der Waals surface area contributed by atoms with Crippen LogP contribution in [0, 0.1) is 0 Å². The highest BCUT2D eigenvalue weighted by Crippen LogP contribution is 2.14. The first-order valence-corrected chi connectivity index (χ1v) is 31.2. The van der Waals surface area contributed by atoms with Crippen molar-refractivity contribution in [2.24, 2.45) is 0 Å². The van der Waals surface area contributed by atoms with E-state index in [2.05, 4.69) is 154 Å². The first-order valence-electron chi connectivity index (χ1n) is 31.2. The molecule has 0 saturated carbocycles. The minimum absolute atomic E-state index is 0.109. The van der Waals surface area contributed by atoms with Crippen molar-refractivity contribution in [1.82, 2.24) is 0 Å². The summed E-state index contributed by atoms with van der Waals surface area (Å²) in [7, 11) is 0. The van der Waals surface area contributed by atoms with Gasteiger partial charge in [0.25, 0.3) is 0 Å². The number of hydrogen-bond donors (Lipinski definition) is 0. The summed E-state index contributed by atoms with van der Waals surface area (Å²) in [6.45, 7) is 6.42. The molecule has 1 unspecified atom stereocenters. The zero-order valence-corrected chi connectivity index (χ0v) is 49.2. The topological polar surface area (TPSA) is 78.9 Å². The number of esters is 3. The van der Waals surface area contributed by atoms with Gasteiger partial charge in [0.15, 0.2) is 6.10 Å². The van der Waals surface area contributed by atoms with Crippen LogP contribution in [0.4, 0.5) is 0 Å². The van der Waals surface area contributed by atoms with E-state index in [-0.39, 0.29) is 37.5 Å². The maximum atomic E-state index is 12.9. The van der Waals surface area contributed by atoms with Crippen molar-refractivity contribution in [1.29, 1.82) is 0 Å². The third-order valence-corrected chi connectivity index (χ3v) is 12.9. The number of allylic oxidation sites excluding steroid dienone is 22.